The molecule has 0 saturated carbocycles. The molecule has 0 heterocycles. The minimum absolute atomic E-state index is 0.0431. The van der Waals surface area contributed by atoms with E-state index in [0.29, 0.717) is 0 Å². The number of nitrogens with two attached hydrogens (primary N) is 1. The van der Waals surface area contributed by atoms with Gasteiger partial charge in [0.05, 0.1) is 17.3 Å². The third kappa shape index (κ3) is 2.43. The minimum atomic E-state index is -3.63. The maximum absolute atomic E-state index is 12.8. The molecule has 0 fully saturated rings. The molecule has 0 atom stereocenters. The first-order valence-electron chi connectivity index (χ1n) is 3.85. The molecular weight excluding hydrogens is 209 g/mol. The molecule has 1 aromatic rings. The van der Waals surface area contributed by atoms with E-state index in [0.717, 1.165) is 18.2 Å². The highest BCUT2D eigenvalue weighted by molar-refractivity contribution is 7.91. The SMILES string of the molecule is Nc1cc(F)cc(S(=O)(=O)CCO)c1. The fourth-order valence-electron chi connectivity index (χ4n) is 1.00. The summed E-state index contributed by atoms with van der Waals surface area (Å²) in [6.07, 6.45) is 0. The van der Waals surface area contributed by atoms with Gasteiger partial charge in [0, 0.05) is 5.69 Å². The number of rotatable bonds is 3. The Hall–Kier alpha value is -1.14. The Morgan fingerprint density at radius 3 is 2.50 bits per heavy atom. The molecule has 1 rings (SSSR count). The largest absolute Gasteiger partial charge is 0.399 e. The number of hydrogen-bond acceptors (Lipinski definition) is 4. The zero-order valence-electron chi connectivity index (χ0n) is 7.27. The topological polar surface area (TPSA) is 80.4 Å². The molecule has 0 aliphatic carbocycles. The Bertz CT molecular complexity index is 410. The number of nitrogen functional groups attached to an aromatic ring is 1. The van der Waals surface area contributed by atoms with Crippen molar-refractivity contribution in [1.29, 1.82) is 0 Å². The van der Waals surface area contributed by atoms with Gasteiger partial charge in [-0.1, -0.05) is 0 Å². The van der Waals surface area contributed by atoms with Crippen LogP contribution in [0.5, 0.6) is 0 Å². The lowest BCUT2D eigenvalue weighted by Crippen LogP contribution is -2.10. The van der Waals surface area contributed by atoms with Crippen LogP contribution in [-0.2, 0) is 9.84 Å². The Kier molecular flexibility index (Phi) is 3.07. The number of aliphatic hydroxyl groups is 1. The lowest BCUT2D eigenvalue weighted by atomic mass is 10.3. The van der Waals surface area contributed by atoms with Crippen LogP contribution >= 0.6 is 0 Å². The lowest BCUT2D eigenvalue weighted by molar-refractivity contribution is 0.319. The van der Waals surface area contributed by atoms with Gasteiger partial charge in [-0.15, -0.1) is 0 Å². The standard InChI is InChI=1S/C8H10FNO3S/c9-6-3-7(10)5-8(4-6)14(12,13)2-1-11/h3-5,11H,1-2,10H2. The molecule has 14 heavy (non-hydrogen) atoms. The highest BCUT2D eigenvalue weighted by Gasteiger charge is 2.14. The van der Waals surface area contributed by atoms with E-state index in [4.69, 9.17) is 10.8 Å². The third-order valence-corrected chi connectivity index (χ3v) is 3.29. The number of benzene rings is 1. The Labute approximate surface area is 81.1 Å². The maximum atomic E-state index is 12.8. The Morgan fingerprint density at radius 2 is 2.00 bits per heavy atom. The first kappa shape index (κ1) is 10.9. The lowest BCUT2D eigenvalue weighted by Gasteiger charge is -2.03. The quantitative estimate of drug-likeness (QED) is 0.710. The molecule has 3 N–H and O–H groups in total. The summed E-state index contributed by atoms with van der Waals surface area (Å²) >= 11 is 0. The molecule has 0 aliphatic heterocycles. The van der Waals surface area contributed by atoms with Gasteiger partial charge in [0.1, 0.15) is 5.82 Å². The number of hydrogen-bond donors (Lipinski definition) is 2. The average molecular weight is 219 g/mol. The van der Waals surface area contributed by atoms with Crippen molar-refractivity contribution in [2.45, 2.75) is 4.90 Å². The second-order valence-electron chi connectivity index (χ2n) is 2.76. The molecule has 0 unspecified atom stereocenters. The van der Waals surface area contributed by atoms with E-state index in [-0.39, 0.29) is 10.6 Å². The van der Waals surface area contributed by atoms with Crippen LogP contribution in [-0.4, -0.2) is 25.9 Å². The van der Waals surface area contributed by atoms with Gasteiger partial charge in [0.2, 0.25) is 0 Å². The van der Waals surface area contributed by atoms with Gasteiger partial charge >= 0.3 is 0 Å². The van der Waals surface area contributed by atoms with Crippen LogP contribution in [0.25, 0.3) is 0 Å². The normalized spacial score (nSPS) is 11.6. The van der Waals surface area contributed by atoms with Crippen molar-refractivity contribution in [3.05, 3.63) is 24.0 Å². The fraction of sp³-hybridized carbons (Fsp3) is 0.250. The van der Waals surface area contributed by atoms with Crippen LogP contribution in [0.2, 0.25) is 0 Å². The summed E-state index contributed by atoms with van der Waals surface area (Å²) in [5.74, 6) is -1.14. The van der Waals surface area contributed by atoms with E-state index in [9.17, 15) is 12.8 Å². The summed E-state index contributed by atoms with van der Waals surface area (Å²) in [4.78, 5) is -0.205. The van der Waals surface area contributed by atoms with Crippen LogP contribution < -0.4 is 5.73 Å². The second-order valence-corrected chi connectivity index (χ2v) is 4.87. The first-order chi connectivity index (χ1) is 6.45. The molecule has 1 aromatic carbocycles. The highest BCUT2D eigenvalue weighted by atomic mass is 32.2. The van der Waals surface area contributed by atoms with E-state index in [1.165, 1.54) is 0 Å². The molecular formula is C8H10FNO3S. The van der Waals surface area contributed by atoms with Crippen LogP contribution in [0.1, 0.15) is 0 Å². The summed E-state index contributed by atoms with van der Waals surface area (Å²) in [5, 5.41) is 8.50. The van der Waals surface area contributed by atoms with Gasteiger partial charge in [0.25, 0.3) is 0 Å². The summed E-state index contributed by atoms with van der Waals surface area (Å²) in [6.45, 7) is -0.501. The van der Waals surface area contributed by atoms with Crippen LogP contribution in [0.3, 0.4) is 0 Å². The third-order valence-electron chi connectivity index (χ3n) is 1.61. The van der Waals surface area contributed by atoms with Crippen molar-refractivity contribution in [2.75, 3.05) is 18.1 Å². The Balaban J connectivity index is 3.19. The molecule has 0 aromatic heterocycles. The van der Waals surface area contributed by atoms with Crippen molar-refractivity contribution in [2.24, 2.45) is 0 Å². The summed E-state index contributed by atoms with van der Waals surface area (Å²) in [7, 11) is -3.63. The smallest absolute Gasteiger partial charge is 0.180 e. The van der Waals surface area contributed by atoms with Crippen molar-refractivity contribution < 1.29 is 17.9 Å². The van der Waals surface area contributed by atoms with E-state index in [1.807, 2.05) is 0 Å². The van der Waals surface area contributed by atoms with Crippen molar-refractivity contribution >= 4 is 15.5 Å². The van der Waals surface area contributed by atoms with E-state index in [2.05, 4.69) is 0 Å². The molecule has 0 aliphatic rings. The molecule has 4 nitrogen and oxygen atoms in total. The first-order valence-corrected chi connectivity index (χ1v) is 5.50. The van der Waals surface area contributed by atoms with Gasteiger partial charge in [-0.3, -0.25) is 0 Å². The van der Waals surface area contributed by atoms with E-state index in [1.54, 1.807) is 0 Å². The van der Waals surface area contributed by atoms with E-state index < -0.39 is 28.0 Å². The van der Waals surface area contributed by atoms with Gasteiger partial charge in [0.15, 0.2) is 9.84 Å². The predicted octanol–water partition coefficient (Wildman–Crippen LogP) is 0.174. The second kappa shape index (κ2) is 3.93. The maximum Gasteiger partial charge on any atom is 0.180 e. The fourth-order valence-corrected chi connectivity index (χ4v) is 2.09. The molecule has 0 spiro atoms. The van der Waals surface area contributed by atoms with Crippen LogP contribution in [0, 0.1) is 5.82 Å². The molecule has 0 bridgehead atoms. The highest BCUT2D eigenvalue weighted by Crippen LogP contribution is 2.16. The minimum Gasteiger partial charge on any atom is -0.399 e. The molecule has 0 saturated heterocycles. The van der Waals surface area contributed by atoms with Crippen molar-refractivity contribution in [3.63, 3.8) is 0 Å². The van der Waals surface area contributed by atoms with Crippen molar-refractivity contribution in [1.82, 2.24) is 0 Å². The van der Waals surface area contributed by atoms with Gasteiger partial charge in [-0.2, -0.15) is 0 Å². The van der Waals surface area contributed by atoms with Crippen molar-refractivity contribution in [3.8, 4) is 0 Å². The van der Waals surface area contributed by atoms with E-state index >= 15 is 0 Å². The summed E-state index contributed by atoms with van der Waals surface area (Å²) < 4.78 is 35.5. The number of aliphatic hydroxyl groups excluding tert-OH is 1. The van der Waals surface area contributed by atoms with Crippen LogP contribution in [0.15, 0.2) is 23.1 Å². The zero-order chi connectivity index (χ0) is 10.8. The Morgan fingerprint density at radius 1 is 1.36 bits per heavy atom. The van der Waals surface area contributed by atoms with Gasteiger partial charge in [-0.25, -0.2) is 12.8 Å². The molecule has 78 valence electrons. The van der Waals surface area contributed by atoms with Gasteiger partial charge < -0.3 is 10.8 Å². The van der Waals surface area contributed by atoms with Crippen LogP contribution in [0.4, 0.5) is 10.1 Å². The monoisotopic (exact) mass is 219 g/mol. The molecule has 0 amide bonds. The molecule has 0 radical (unpaired) electrons. The molecule has 6 heteroatoms. The number of halogens is 1. The zero-order valence-corrected chi connectivity index (χ0v) is 8.09. The van der Waals surface area contributed by atoms with Gasteiger partial charge in [-0.05, 0) is 18.2 Å². The predicted molar refractivity (Wildman–Crippen MR) is 50.0 cm³/mol. The number of anilines is 1. The number of sulfone groups is 1. The average Bonchev–Trinajstić information content (AvgIpc) is 2.02. The summed E-state index contributed by atoms with van der Waals surface area (Å²) in [6, 6.07) is 3.06. The summed E-state index contributed by atoms with van der Waals surface area (Å²) in [5.41, 5.74) is 5.33.